The van der Waals surface area contributed by atoms with E-state index in [0.29, 0.717) is 36.8 Å². The van der Waals surface area contributed by atoms with Gasteiger partial charge in [0.05, 0.1) is 25.4 Å². The second kappa shape index (κ2) is 7.43. The monoisotopic (exact) mass is 399 g/mol. The first-order valence-electron chi connectivity index (χ1n) is 11.0. The number of fused-ring (bicyclic) bond motifs is 1. The van der Waals surface area contributed by atoms with Crippen LogP contribution in [0.3, 0.4) is 0 Å². The maximum atomic E-state index is 12.3. The molecule has 0 aliphatic heterocycles. The van der Waals surface area contributed by atoms with Gasteiger partial charge < -0.3 is 18.9 Å². The molecule has 1 fully saturated rings. The number of carbonyl (C=O) groups is 2. The molecule has 2 aromatic rings. The van der Waals surface area contributed by atoms with E-state index in [1.165, 1.54) is 20.3 Å². The highest BCUT2D eigenvalue weighted by atomic mass is 16.5. The summed E-state index contributed by atoms with van der Waals surface area (Å²) in [5.41, 5.74) is 2.27. The third-order valence-corrected chi connectivity index (χ3v) is 5.72. The molecule has 4 rings (SSSR count). The van der Waals surface area contributed by atoms with Crippen LogP contribution in [0.4, 0.5) is 0 Å². The van der Waals surface area contributed by atoms with E-state index in [1.807, 2.05) is 6.07 Å². The van der Waals surface area contributed by atoms with Crippen molar-refractivity contribution in [2.75, 3.05) is 27.9 Å². The second-order valence-electron chi connectivity index (χ2n) is 7.39. The van der Waals surface area contributed by atoms with Crippen molar-refractivity contribution in [3.05, 3.63) is 41.5 Å². The number of ether oxygens (including phenoxy) is 4. The molecular formula is C23H24O6. The minimum Gasteiger partial charge on any atom is -0.493 e. The largest absolute Gasteiger partial charge is 0.493 e. The maximum Gasteiger partial charge on any atom is 0.315 e. The van der Waals surface area contributed by atoms with Gasteiger partial charge in [0.1, 0.15) is 12.0 Å². The first kappa shape index (κ1) is 15.9. The molecule has 29 heavy (non-hydrogen) atoms. The van der Waals surface area contributed by atoms with E-state index in [4.69, 9.17) is 23.1 Å². The summed E-state index contributed by atoms with van der Waals surface area (Å²) in [5.74, 6) is 0.108. The number of Topliss-reactive ketones (excluding diaryl/α,β-unsaturated/α-hetero) is 1. The molecule has 0 N–H and O–H groups in total. The average molecular weight is 399 g/mol. The summed E-state index contributed by atoms with van der Waals surface area (Å²) in [6.07, 6.45) is 2.31. The van der Waals surface area contributed by atoms with Gasteiger partial charge in [-0.05, 0) is 42.5 Å². The summed E-state index contributed by atoms with van der Waals surface area (Å²) in [4.78, 5) is 24.5. The van der Waals surface area contributed by atoms with Crippen LogP contribution in [0.25, 0.3) is 11.1 Å². The van der Waals surface area contributed by atoms with Crippen LogP contribution in [-0.2, 0) is 16.0 Å². The van der Waals surface area contributed by atoms with Gasteiger partial charge in [0, 0.05) is 17.5 Å². The lowest BCUT2D eigenvalue weighted by Gasteiger charge is -2.21. The highest BCUT2D eigenvalue weighted by molar-refractivity contribution is 6.02. The Labute approximate surface area is 173 Å². The van der Waals surface area contributed by atoms with Gasteiger partial charge in [0.15, 0.2) is 17.3 Å². The van der Waals surface area contributed by atoms with Crippen molar-refractivity contribution in [3.8, 4) is 28.4 Å². The summed E-state index contributed by atoms with van der Waals surface area (Å²) in [7, 11) is 0.0458. The van der Waals surface area contributed by atoms with Crippen molar-refractivity contribution >= 4 is 11.8 Å². The number of ketones is 1. The minimum absolute atomic E-state index is 0.00202. The predicted octanol–water partition coefficient (Wildman–Crippen LogP) is 3.83. The molecule has 0 bridgehead atoms. The number of carbonyl (C=O) groups excluding carboxylic acids is 2. The van der Waals surface area contributed by atoms with Gasteiger partial charge in [-0.15, -0.1) is 0 Å². The fourth-order valence-corrected chi connectivity index (χ4v) is 3.90. The first-order chi connectivity index (χ1) is 15.2. The molecule has 0 spiro atoms. The lowest BCUT2D eigenvalue weighted by atomic mass is 9.95. The normalized spacial score (nSPS) is 18.1. The molecule has 0 unspecified atom stereocenters. The van der Waals surface area contributed by atoms with E-state index in [9.17, 15) is 9.59 Å². The van der Waals surface area contributed by atoms with Crippen molar-refractivity contribution in [1.82, 2.24) is 0 Å². The Kier molecular flexibility index (Phi) is 4.06. The Hall–Kier alpha value is -3.02. The fraction of sp³-hybridized carbons (Fsp3) is 0.391. The van der Waals surface area contributed by atoms with E-state index < -0.39 is 12.5 Å². The van der Waals surface area contributed by atoms with E-state index in [1.54, 1.807) is 18.2 Å². The number of esters is 1. The lowest BCUT2D eigenvalue weighted by Crippen LogP contribution is -2.25. The fourth-order valence-electron chi connectivity index (χ4n) is 3.90. The van der Waals surface area contributed by atoms with Crippen LogP contribution in [0, 0.1) is 5.41 Å². The molecule has 6 heteroatoms. The molecule has 0 atom stereocenters. The van der Waals surface area contributed by atoms with Crippen LogP contribution in [-0.4, -0.2) is 39.6 Å². The molecule has 2 aromatic carbocycles. The maximum absolute atomic E-state index is 12.3. The third-order valence-electron chi connectivity index (χ3n) is 5.72. The quantitative estimate of drug-likeness (QED) is 0.659. The summed E-state index contributed by atoms with van der Waals surface area (Å²) < 4.78 is 44.1. The topological polar surface area (TPSA) is 71.1 Å². The lowest BCUT2D eigenvalue weighted by molar-refractivity contribution is -0.148. The zero-order chi connectivity index (χ0) is 23.1. The van der Waals surface area contributed by atoms with Crippen molar-refractivity contribution < 1.29 is 32.6 Å². The van der Waals surface area contributed by atoms with Crippen LogP contribution in [0.15, 0.2) is 30.3 Å². The van der Waals surface area contributed by atoms with Crippen LogP contribution in [0.1, 0.15) is 39.3 Å². The van der Waals surface area contributed by atoms with Gasteiger partial charge in [0.25, 0.3) is 0 Å². The van der Waals surface area contributed by atoms with Gasteiger partial charge in [0.2, 0.25) is 5.75 Å². The Bertz CT molecular complexity index is 1070. The first-order valence-corrected chi connectivity index (χ1v) is 9.46. The molecule has 0 aromatic heterocycles. The van der Waals surface area contributed by atoms with E-state index >= 15 is 0 Å². The zero-order valence-corrected chi connectivity index (χ0v) is 16.4. The van der Waals surface area contributed by atoms with Crippen LogP contribution in [0.2, 0.25) is 0 Å². The van der Waals surface area contributed by atoms with E-state index in [-0.39, 0.29) is 35.6 Å². The smallest absolute Gasteiger partial charge is 0.315 e. The Morgan fingerprint density at radius 1 is 1.03 bits per heavy atom. The molecule has 0 radical (unpaired) electrons. The molecule has 0 amide bonds. The minimum atomic E-state index is -2.68. The Morgan fingerprint density at radius 3 is 2.52 bits per heavy atom. The zero-order valence-electron chi connectivity index (χ0n) is 19.4. The van der Waals surface area contributed by atoms with Crippen LogP contribution < -0.4 is 14.2 Å². The number of methoxy groups -OCH3 is 3. The molecular weight excluding hydrogens is 372 g/mol. The molecule has 1 saturated carbocycles. The number of hydrogen-bond acceptors (Lipinski definition) is 6. The summed E-state index contributed by atoms with van der Waals surface area (Å²) in [5, 5.41) is 0. The van der Waals surface area contributed by atoms with Crippen molar-refractivity contribution in [2.45, 2.75) is 25.7 Å². The highest BCUT2D eigenvalue weighted by Gasteiger charge is 2.52. The number of hydrogen-bond donors (Lipinski definition) is 0. The number of benzene rings is 2. The van der Waals surface area contributed by atoms with Crippen molar-refractivity contribution in [3.63, 3.8) is 0 Å². The van der Waals surface area contributed by atoms with Gasteiger partial charge in [-0.1, -0.05) is 18.2 Å². The van der Waals surface area contributed by atoms with E-state index in [0.717, 1.165) is 11.1 Å². The molecule has 6 nitrogen and oxygen atoms in total. The third kappa shape index (κ3) is 3.22. The van der Waals surface area contributed by atoms with Gasteiger partial charge in [-0.2, -0.15) is 0 Å². The van der Waals surface area contributed by atoms with Crippen molar-refractivity contribution in [1.29, 1.82) is 0 Å². The molecule has 0 saturated heterocycles. The molecule has 2 aliphatic carbocycles. The average Bonchev–Trinajstić information content (AvgIpc) is 3.46. The second-order valence-corrected chi connectivity index (χ2v) is 7.39. The van der Waals surface area contributed by atoms with Crippen LogP contribution >= 0.6 is 0 Å². The summed E-state index contributed by atoms with van der Waals surface area (Å²) in [6.45, 7) is 0.0498. The molecule has 152 valence electrons. The van der Waals surface area contributed by atoms with E-state index in [2.05, 4.69) is 0 Å². The van der Waals surface area contributed by atoms with Crippen molar-refractivity contribution in [2.24, 2.45) is 5.41 Å². The Balaban J connectivity index is 1.81. The summed E-state index contributed by atoms with van der Waals surface area (Å²) in [6, 6.07) is 8.69. The van der Waals surface area contributed by atoms with Crippen LogP contribution in [0.5, 0.6) is 17.2 Å². The summed E-state index contributed by atoms with van der Waals surface area (Å²) >= 11 is 0. The number of rotatable bonds is 7. The SMILES string of the molecule is [2H]C([2H])([2H])Oc1ccc(-c2cccc3c2CCC3=O)c(OCC2(C(=O)OC)CC2)c1OC. The molecule has 2 aliphatic rings. The standard InChI is InChI=1S/C23H24O6/c1-26-19-10-8-17(14-5-4-6-16-15(14)7-9-18(16)24)20(21(19)27-2)29-13-23(11-12-23)22(25)28-3/h4-6,8,10H,7,9,11-13H2,1-3H3/i1D3. The van der Waals surface area contributed by atoms with Gasteiger partial charge >= 0.3 is 5.97 Å². The van der Waals surface area contributed by atoms with Gasteiger partial charge in [-0.3, -0.25) is 9.59 Å². The Morgan fingerprint density at radius 2 is 1.83 bits per heavy atom. The predicted molar refractivity (Wildman–Crippen MR) is 107 cm³/mol. The molecule has 0 heterocycles. The highest BCUT2D eigenvalue weighted by Crippen LogP contribution is 2.50. The van der Waals surface area contributed by atoms with Gasteiger partial charge in [-0.25, -0.2) is 0 Å².